The largest absolute Gasteiger partial charge is 0.481 e. The molecule has 0 saturated heterocycles. The van der Waals surface area contributed by atoms with Crippen LogP contribution in [0.25, 0.3) is 0 Å². The molecule has 3 aromatic carbocycles. The lowest BCUT2D eigenvalue weighted by molar-refractivity contribution is -0.127. The van der Waals surface area contributed by atoms with E-state index in [0.29, 0.717) is 5.92 Å². The van der Waals surface area contributed by atoms with Gasteiger partial charge in [-0.25, -0.2) is 0 Å². The van der Waals surface area contributed by atoms with E-state index in [1.807, 2.05) is 13.0 Å². The smallest absolute Gasteiger partial charge is 0.260 e. The summed E-state index contributed by atoms with van der Waals surface area (Å²) in [5, 5.41) is 3.03. The fraction of sp³-hybridized carbons (Fsp3) is 0.367. The Morgan fingerprint density at radius 2 is 1.82 bits per heavy atom. The van der Waals surface area contributed by atoms with Gasteiger partial charge in [0.05, 0.1) is 6.04 Å². The van der Waals surface area contributed by atoms with Crippen molar-refractivity contribution in [1.29, 1.82) is 0 Å². The number of aryl methyl sites for hydroxylation is 1. The molecule has 0 radical (unpaired) electrons. The summed E-state index contributed by atoms with van der Waals surface area (Å²) < 4.78 is 6.12. The summed E-state index contributed by atoms with van der Waals surface area (Å²) in [5.41, 5.74) is 6.51. The van der Waals surface area contributed by atoms with E-state index in [2.05, 4.69) is 83.9 Å². The molecule has 2 unspecified atom stereocenters. The molecule has 1 N–H and O–H groups in total. The standard InChI is InChI=1S/C30H34N2O2/c1-21-8-10-24(11-9-21)20-32-17-16-25-14-15-27(34-22(2)30(33)31-19-23-12-13-23)18-28(25)29(32)26-6-4-3-5-7-26/h3-11,14-15,18,22-23,29H,12-13,16-17,19-20H2,1-2H3,(H,31,33). The average molecular weight is 455 g/mol. The first-order valence-corrected chi connectivity index (χ1v) is 12.5. The summed E-state index contributed by atoms with van der Waals surface area (Å²) in [4.78, 5) is 15.0. The summed E-state index contributed by atoms with van der Waals surface area (Å²) in [6.07, 6.45) is 2.93. The predicted molar refractivity (Wildman–Crippen MR) is 136 cm³/mol. The van der Waals surface area contributed by atoms with Crippen molar-refractivity contribution in [3.8, 4) is 5.75 Å². The molecule has 5 rings (SSSR count). The Labute approximate surface area is 202 Å². The fourth-order valence-corrected chi connectivity index (χ4v) is 4.81. The summed E-state index contributed by atoms with van der Waals surface area (Å²) in [5.74, 6) is 1.38. The number of nitrogens with one attached hydrogen (secondary N) is 1. The molecule has 1 heterocycles. The van der Waals surface area contributed by atoms with Gasteiger partial charge in [0.25, 0.3) is 5.91 Å². The molecule has 1 aliphatic carbocycles. The molecule has 1 amide bonds. The zero-order chi connectivity index (χ0) is 23.5. The lowest BCUT2D eigenvalue weighted by Gasteiger charge is -2.38. The molecular weight excluding hydrogens is 420 g/mol. The Bertz CT molecular complexity index is 1120. The Hall–Kier alpha value is -3.11. The monoisotopic (exact) mass is 454 g/mol. The second-order valence-corrected chi connectivity index (χ2v) is 9.83. The van der Waals surface area contributed by atoms with Gasteiger partial charge in [-0.05, 0) is 73.4 Å². The Morgan fingerprint density at radius 1 is 1.06 bits per heavy atom. The average Bonchev–Trinajstić information content (AvgIpc) is 3.69. The van der Waals surface area contributed by atoms with E-state index >= 15 is 0 Å². The number of carbonyl (C=O) groups is 1. The number of carbonyl (C=O) groups excluding carboxylic acids is 1. The van der Waals surface area contributed by atoms with E-state index in [9.17, 15) is 4.79 Å². The highest BCUT2D eigenvalue weighted by atomic mass is 16.5. The van der Waals surface area contributed by atoms with Gasteiger partial charge >= 0.3 is 0 Å². The molecule has 0 bridgehead atoms. The third kappa shape index (κ3) is 5.34. The van der Waals surface area contributed by atoms with E-state index in [0.717, 1.165) is 31.8 Å². The maximum absolute atomic E-state index is 12.5. The number of hydrogen-bond acceptors (Lipinski definition) is 3. The Balaban J connectivity index is 1.39. The molecule has 0 aromatic heterocycles. The van der Waals surface area contributed by atoms with Crippen molar-refractivity contribution in [1.82, 2.24) is 10.2 Å². The topological polar surface area (TPSA) is 41.6 Å². The molecule has 2 aliphatic rings. The van der Waals surface area contributed by atoms with Crippen molar-refractivity contribution in [3.63, 3.8) is 0 Å². The normalized spacial score (nSPS) is 18.7. The van der Waals surface area contributed by atoms with E-state index in [4.69, 9.17) is 4.74 Å². The molecular formula is C30H34N2O2. The van der Waals surface area contributed by atoms with Gasteiger partial charge in [0.1, 0.15) is 5.75 Å². The number of fused-ring (bicyclic) bond motifs is 1. The van der Waals surface area contributed by atoms with Crippen LogP contribution >= 0.6 is 0 Å². The van der Waals surface area contributed by atoms with Gasteiger partial charge in [0.15, 0.2) is 6.10 Å². The van der Waals surface area contributed by atoms with Gasteiger partial charge in [0, 0.05) is 19.6 Å². The lowest BCUT2D eigenvalue weighted by atomic mass is 9.87. The highest BCUT2D eigenvalue weighted by molar-refractivity contribution is 5.80. The van der Waals surface area contributed by atoms with Crippen molar-refractivity contribution >= 4 is 5.91 Å². The molecule has 2 atom stereocenters. The van der Waals surface area contributed by atoms with Gasteiger partial charge in [-0.1, -0.05) is 66.2 Å². The Kier molecular flexibility index (Phi) is 6.68. The number of nitrogens with zero attached hydrogens (tertiary/aromatic N) is 1. The molecule has 3 aromatic rings. The van der Waals surface area contributed by atoms with Crippen LogP contribution in [0.4, 0.5) is 0 Å². The van der Waals surface area contributed by atoms with Crippen LogP contribution in [0.2, 0.25) is 0 Å². The van der Waals surface area contributed by atoms with Gasteiger partial charge in [-0.2, -0.15) is 0 Å². The molecule has 1 aliphatic heterocycles. The van der Waals surface area contributed by atoms with Crippen LogP contribution in [-0.4, -0.2) is 30.0 Å². The van der Waals surface area contributed by atoms with E-state index < -0.39 is 6.10 Å². The van der Waals surface area contributed by atoms with Crippen LogP contribution in [0.3, 0.4) is 0 Å². The molecule has 176 valence electrons. The van der Waals surface area contributed by atoms with Crippen molar-refractivity contribution in [2.24, 2.45) is 5.92 Å². The zero-order valence-corrected chi connectivity index (χ0v) is 20.2. The first-order chi connectivity index (χ1) is 16.6. The van der Waals surface area contributed by atoms with Crippen LogP contribution in [-0.2, 0) is 17.8 Å². The summed E-state index contributed by atoms with van der Waals surface area (Å²) in [6.45, 7) is 6.62. The van der Waals surface area contributed by atoms with Crippen LogP contribution in [0.5, 0.6) is 5.75 Å². The summed E-state index contributed by atoms with van der Waals surface area (Å²) in [7, 11) is 0. The second kappa shape index (κ2) is 10.0. The molecule has 4 nitrogen and oxygen atoms in total. The fourth-order valence-electron chi connectivity index (χ4n) is 4.81. The van der Waals surface area contributed by atoms with Gasteiger partial charge in [0.2, 0.25) is 0 Å². The van der Waals surface area contributed by atoms with Crippen LogP contribution < -0.4 is 10.1 Å². The molecule has 1 fully saturated rings. The SMILES string of the molecule is Cc1ccc(CN2CCc3ccc(OC(C)C(=O)NCC4CC4)cc3C2c2ccccc2)cc1. The zero-order valence-electron chi connectivity index (χ0n) is 20.2. The van der Waals surface area contributed by atoms with Crippen molar-refractivity contribution in [3.05, 3.63) is 101 Å². The maximum atomic E-state index is 12.5. The summed E-state index contributed by atoms with van der Waals surface area (Å²) >= 11 is 0. The van der Waals surface area contributed by atoms with Gasteiger partial charge in [-0.3, -0.25) is 9.69 Å². The van der Waals surface area contributed by atoms with E-state index in [-0.39, 0.29) is 11.9 Å². The third-order valence-electron chi connectivity index (χ3n) is 7.01. The highest BCUT2D eigenvalue weighted by Gasteiger charge is 2.30. The minimum absolute atomic E-state index is 0.0368. The van der Waals surface area contributed by atoms with E-state index in [1.54, 1.807) is 0 Å². The van der Waals surface area contributed by atoms with Crippen molar-refractivity contribution in [2.75, 3.05) is 13.1 Å². The third-order valence-corrected chi connectivity index (χ3v) is 7.01. The molecule has 4 heteroatoms. The van der Waals surface area contributed by atoms with Crippen LogP contribution in [0.1, 0.15) is 53.6 Å². The van der Waals surface area contributed by atoms with Gasteiger partial charge in [-0.15, -0.1) is 0 Å². The quantitative estimate of drug-likeness (QED) is 0.493. The molecule has 0 spiro atoms. The second-order valence-electron chi connectivity index (χ2n) is 9.83. The number of benzene rings is 3. The van der Waals surface area contributed by atoms with Gasteiger partial charge < -0.3 is 10.1 Å². The number of hydrogen-bond donors (Lipinski definition) is 1. The Morgan fingerprint density at radius 3 is 2.56 bits per heavy atom. The lowest BCUT2D eigenvalue weighted by Crippen LogP contribution is -2.37. The number of ether oxygens (including phenoxy) is 1. The summed E-state index contributed by atoms with van der Waals surface area (Å²) in [6, 6.07) is 26.0. The van der Waals surface area contributed by atoms with Crippen molar-refractivity contribution < 1.29 is 9.53 Å². The molecule has 1 saturated carbocycles. The number of rotatable bonds is 8. The maximum Gasteiger partial charge on any atom is 0.260 e. The van der Waals surface area contributed by atoms with Crippen LogP contribution in [0.15, 0.2) is 72.8 Å². The van der Waals surface area contributed by atoms with Crippen LogP contribution in [0, 0.1) is 12.8 Å². The minimum Gasteiger partial charge on any atom is -0.481 e. The van der Waals surface area contributed by atoms with E-state index in [1.165, 1.54) is 40.7 Å². The first kappa shape index (κ1) is 22.7. The first-order valence-electron chi connectivity index (χ1n) is 12.5. The highest BCUT2D eigenvalue weighted by Crippen LogP contribution is 2.38. The minimum atomic E-state index is -0.515. The predicted octanol–water partition coefficient (Wildman–Crippen LogP) is 5.44. The molecule has 34 heavy (non-hydrogen) atoms. The number of amides is 1. The van der Waals surface area contributed by atoms with Crippen molar-refractivity contribution in [2.45, 2.75) is 51.8 Å².